The molecule has 5 atom stereocenters. The van der Waals surface area contributed by atoms with Gasteiger partial charge in [0.1, 0.15) is 22.8 Å². The van der Waals surface area contributed by atoms with E-state index < -0.39 is 52.2 Å². The third-order valence-electron chi connectivity index (χ3n) is 5.80. The maximum absolute atomic E-state index is 13.7. The van der Waals surface area contributed by atoms with Crippen LogP contribution in [0.25, 0.3) is 0 Å². The van der Waals surface area contributed by atoms with E-state index in [9.17, 15) is 14.7 Å². The fourth-order valence-corrected chi connectivity index (χ4v) is 5.12. The van der Waals surface area contributed by atoms with Gasteiger partial charge in [-0.25, -0.2) is 5.43 Å². The van der Waals surface area contributed by atoms with Crippen LogP contribution >= 0.6 is 12.2 Å². The monoisotopic (exact) mass is 477 g/mol. The normalized spacial score (nSPS) is 32.1. The number of benzene rings is 1. The molecule has 0 unspecified atom stereocenters. The molecule has 3 rings (SSSR count). The van der Waals surface area contributed by atoms with E-state index in [2.05, 4.69) is 16.2 Å². The number of esters is 2. The highest BCUT2D eigenvalue weighted by atomic mass is 32.1. The number of rotatable bonds is 3. The minimum atomic E-state index is -1.54. The van der Waals surface area contributed by atoms with E-state index in [-0.39, 0.29) is 6.42 Å². The summed E-state index contributed by atoms with van der Waals surface area (Å²) in [6.45, 7) is 12.3. The van der Waals surface area contributed by atoms with Gasteiger partial charge >= 0.3 is 11.9 Å². The molecular weight excluding hydrogens is 442 g/mol. The van der Waals surface area contributed by atoms with Gasteiger partial charge in [-0.3, -0.25) is 15.0 Å². The first-order valence-electron chi connectivity index (χ1n) is 11.1. The van der Waals surface area contributed by atoms with E-state index in [4.69, 9.17) is 21.7 Å². The molecule has 0 radical (unpaired) electrons. The van der Waals surface area contributed by atoms with Crippen molar-refractivity contribution in [3.05, 3.63) is 35.9 Å². The topological polar surface area (TPSA) is 109 Å². The smallest absolute Gasteiger partial charge is 0.313 e. The standard InChI is InChI=1S/C24H35N3O5S/c1-21(2,3)31-18(28)16-15(14-11-9-8-10-12-14)17(19(29)32-22(4,5)6)24(13-23(16,7)30)25-20(33)26-27-24/h8-12,15-17,27,30H,13H2,1-7H3,(H2,25,26,33)/t15-,16-,17+,23-,24-/m0/s1. The lowest BCUT2D eigenvalue weighted by molar-refractivity contribution is -0.190. The highest BCUT2D eigenvalue weighted by Crippen LogP contribution is 2.52. The Labute approximate surface area is 200 Å². The minimum Gasteiger partial charge on any atom is -0.460 e. The Morgan fingerprint density at radius 2 is 1.52 bits per heavy atom. The molecule has 33 heavy (non-hydrogen) atoms. The highest BCUT2D eigenvalue weighted by molar-refractivity contribution is 7.80. The number of aliphatic hydroxyl groups is 1. The average Bonchev–Trinajstić information content (AvgIpc) is 2.98. The zero-order valence-corrected chi connectivity index (χ0v) is 21.1. The van der Waals surface area contributed by atoms with E-state index in [1.807, 2.05) is 30.3 Å². The van der Waals surface area contributed by atoms with E-state index in [0.29, 0.717) is 10.7 Å². The van der Waals surface area contributed by atoms with Crippen LogP contribution in [-0.4, -0.2) is 44.6 Å². The molecule has 1 aliphatic carbocycles. The SMILES string of the molecule is CC(C)(C)OC(=O)[C@@H]1[C@H](c2ccccc2)[C@H](C(=O)OC(C)(C)C)[C@]2(C[C@]1(C)O)NNC(=S)N2. The molecular formula is C24H35N3O5S. The number of hydrogen-bond donors (Lipinski definition) is 4. The predicted octanol–water partition coefficient (Wildman–Crippen LogP) is 2.52. The lowest BCUT2D eigenvalue weighted by Crippen LogP contribution is -2.70. The van der Waals surface area contributed by atoms with Crippen LogP contribution in [0.4, 0.5) is 0 Å². The summed E-state index contributed by atoms with van der Waals surface area (Å²) in [4.78, 5) is 27.2. The molecule has 2 fully saturated rings. The van der Waals surface area contributed by atoms with Gasteiger partial charge in [-0.15, -0.1) is 0 Å². The van der Waals surface area contributed by atoms with Crippen molar-refractivity contribution in [2.24, 2.45) is 11.8 Å². The third-order valence-corrected chi connectivity index (χ3v) is 6.00. The van der Waals surface area contributed by atoms with Crippen LogP contribution in [0.5, 0.6) is 0 Å². The Kier molecular flexibility index (Phi) is 6.56. The molecule has 9 heteroatoms. The molecule has 8 nitrogen and oxygen atoms in total. The van der Waals surface area contributed by atoms with Crippen LogP contribution < -0.4 is 16.2 Å². The van der Waals surface area contributed by atoms with Crippen LogP contribution in [-0.2, 0) is 19.1 Å². The maximum atomic E-state index is 13.7. The van der Waals surface area contributed by atoms with Gasteiger partial charge in [0.05, 0.1) is 11.5 Å². The van der Waals surface area contributed by atoms with Gasteiger partial charge in [-0.2, -0.15) is 0 Å². The highest BCUT2D eigenvalue weighted by Gasteiger charge is 2.65. The van der Waals surface area contributed by atoms with E-state index in [1.165, 1.54) is 0 Å². The van der Waals surface area contributed by atoms with Crippen LogP contribution in [0, 0.1) is 11.8 Å². The molecule has 0 aromatic heterocycles. The van der Waals surface area contributed by atoms with Crippen molar-refractivity contribution in [3.63, 3.8) is 0 Å². The molecule has 0 amide bonds. The summed E-state index contributed by atoms with van der Waals surface area (Å²) < 4.78 is 11.6. The van der Waals surface area contributed by atoms with Crippen LogP contribution in [0.15, 0.2) is 30.3 Å². The van der Waals surface area contributed by atoms with E-state index >= 15 is 0 Å². The van der Waals surface area contributed by atoms with Gasteiger partial charge in [0.15, 0.2) is 5.11 Å². The van der Waals surface area contributed by atoms with Crippen LogP contribution in [0.1, 0.15) is 66.4 Å². The van der Waals surface area contributed by atoms with Crippen molar-refractivity contribution in [2.45, 2.75) is 83.3 Å². The van der Waals surface area contributed by atoms with Crippen molar-refractivity contribution < 1.29 is 24.2 Å². The molecule has 1 saturated carbocycles. The first kappa shape index (κ1) is 25.4. The van der Waals surface area contributed by atoms with Gasteiger partial charge in [0.2, 0.25) is 0 Å². The predicted molar refractivity (Wildman–Crippen MR) is 128 cm³/mol. The molecule has 1 aromatic rings. The Balaban J connectivity index is 2.21. The molecule has 1 aromatic carbocycles. The Morgan fingerprint density at radius 3 is 1.97 bits per heavy atom. The number of carbonyl (C=O) groups excluding carboxylic acids is 2. The van der Waals surface area contributed by atoms with Crippen molar-refractivity contribution in [1.82, 2.24) is 16.2 Å². The van der Waals surface area contributed by atoms with Crippen LogP contribution in [0.3, 0.4) is 0 Å². The molecule has 0 bridgehead atoms. The molecule has 1 heterocycles. The number of ether oxygens (including phenoxy) is 2. The first-order valence-corrected chi connectivity index (χ1v) is 11.5. The number of hydrogen-bond acceptors (Lipinski definition) is 7. The van der Waals surface area contributed by atoms with E-state index in [1.54, 1.807) is 48.5 Å². The summed E-state index contributed by atoms with van der Waals surface area (Å²) in [6, 6.07) is 9.21. The molecule has 1 spiro atoms. The van der Waals surface area contributed by atoms with Gasteiger partial charge < -0.3 is 19.9 Å². The third kappa shape index (κ3) is 5.47. The fraction of sp³-hybridized carbons (Fsp3) is 0.625. The zero-order valence-electron chi connectivity index (χ0n) is 20.3. The number of thiocarbonyl (C=S) groups is 1. The van der Waals surface area contributed by atoms with Crippen molar-refractivity contribution in [2.75, 3.05) is 0 Å². The summed E-state index contributed by atoms with van der Waals surface area (Å²) in [5, 5.41) is 15.1. The van der Waals surface area contributed by atoms with Crippen LogP contribution in [0.2, 0.25) is 0 Å². The molecule has 2 aliphatic rings. The Hall–Kier alpha value is -2.23. The number of hydrazine groups is 1. The fourth-order valence-electron chi connectivity index (χ4n) is 4.89. The second-order valence-corrected chi connectivity index (χ2v) is 11.6. The number of carbonyl (C=O) groups is 2. The molecule has 1 saturated heterocycles. The number of nitrogens with one attached hydrogen (secondary N) is 3. The largest absolute Gasteiger partial charge is 0.460 e. The second-order valence-electron chi connectivity index (χ2n) is 11.2. The van der Waals surface area contributed by atoms with Crippen molar-refractivity contribution in [1.29, 1.82) is 0 Å². The molecule has 182 valence electrons. The van der Waals surface area contributed by atoms with Crippen molar-refractivity contribution >= 4 is 29.3 Å². The van der Waals surface area contributed by atoms with E-state index in [0.717, 1.165) is 0 Å². The summed E-state index contributed by atoms with van der Waals surface area (Å²) in [6.07, 6.45) is 0.00426. The minimum absolute atomic E-state index is 0.00426. The lowest BCUT2D eigenvalue weighted by atomic mass is 9.58. The second kappa shape index (κ2) is 8.52. The zero-order chi connectivity index (χ0) is 24.8. The Bertz CT molecular complexity index is 922. The summed E-state index contributed by atoms with van der Waals surface area (Å²) in [5.74, 6) is -3.78. The summed E-state index contributed by atoms with van der Waals surface area (Å²) in [7, 11) is 0. The van der Waals surface area contributed by atoms with Gasteiger partial charge in [-0.05, 0) is 66.2 Å². The quantitative estimate of drug-likeness (QED) is 0.386. The lowest BCUT2D eigenvalue weighted by Gasteiger charge is -2.53. The average molecular weight is 478 g/mol. The van der Waals surface area contributed by atoms with Crippen molar-refractivity contribution in [3.8, 4) is 0 Å². The summed E-state index contributed by atoms with van der Waals surface area (Å²) in [5.41, 5.74) is 2.41. The van der Waals surface area contributed by atoms with Gasteiger partial charge in [-0.1, -0.05) is 30.3 Å². The maximum Gasteiger partial charge on any atom is 0.313 e. The van der Waals surface area contributed by atoms with Gasteiger partial charge in [0.25, 0.3) is 0 Å². The summed E-state index contributed by atoms with van der Waals surface area (Å²) >= 11 is 5.29. The Morgan fingerprint density at radius 1 is 1.00 bits per heavy atom. The molecule has 1 aliphatic heterocycles. The van der Waals surface area contributed by atoms with Gasteiger partial charge in [0, 0.05) is 12.3 Å². The first-order chi connectivity index (χ1) is 15.0. The molecule has 4 N–H and O–H groups in total.